The van der Waals surface area contributed by atoms with E-state index in [2.05, 4.69) is 5.32 Å². The number of likely N-dealkylation sites (N-methyl/N-ethyl adjacent to an activating group) is 1. The first-order valence-corrected chi connectivity index (χ1v) is 14.2. The number of carbonyl (C=O) groups is 2. The molecule has 3 aromatic rings. The van der Waals surface area contributed by atoms with E-state index in [0.717, 1.165) is 16.1 Å². The van der Waals surface area contributed by atoms with Gasteiger partial charge in [0.2, 0.25) is 21.8 Å². The van der Waals surface area contributed by atoms with Crippen molar-refractivity contribution in [3.8, 4) is 5.75 Å². The van der Waals surface area contributed by atoms with Crippen molar-refractivity contribution < 1.29 is 22.7 Å². The predicted molar refractivity (Wildman–Crippen MR) is 150 cm³/mol. The number of nitrogens with zero attached hydrogens (tertiary/aromatic N) is 2. The lowest BCUT2D eigenvalue weighted by atomic mass is 10.0. The summed E-state index contributed by atoms with van der Waals surface area (Å²) < 4.78 is 31.8. The summed E-state index contributed by atoms with van der Waals surface area (Å²) >= 11 is 12.5. The molecule has 1 N–H and O–H groups in total. The van der Waals surface area contributed by atoms with Gasteiger partial charge in [-0.2, -0.15) is 0 Å². The average molecular weight is 579 g/mol. The third-order valence-electron chi connectivity index (χ3n) is 5.88. The Morgan fingerprint density at radius 2 is 1.63 bits per heavy atom. The molecule has 0 saturated carbocycles. The van der Waals surface area contributed by atoms with Gasteiger partial charge in [-0.05, 0) is 35.4 Å². The SMILES string of the molecule is CNC(=O)C(Cc1ccccc1)N(Cc1cccc(OC)c1)C(=O)CN(c1cccc(Cl)c1Cl)S(C)(=O)=O. The summed E-state index contributed by atoms with van der Waals surface area (Å²) in [7, 11) is -0.937. The highest BCUT2D eigenvalue weighted by atomic mass is 35.5. The first-order chi connectivity index (χ1) is 18.0. The van der Waals surface area contributed by atoms with Gasteiger partial charge in [0, 0.05) is 20.0 Å². The summed E-state index contributed by atoms with van der Waals surface area (Å²) in [5.74, 6) is -0.409. The highest BCUT2D eigenvalue weighted by Crippen LogP contribution is 2.34. The molecule has 38 heavy (non-hydrogen) atoms. The molecule has 0 aromatic heterocycles. The van der Waals surface area contributed by atoms with Gasteiger partial charge in [0.15, 0.2) is 0 Å². The largest absolute Gasteiger partial charge is 0.497 e. The minimum absolute atomic E-state index is 0.00104. The fourth-order valence-electron chi connectivity index (χ4n) is 3.97. The van der Waals surface area contributed by atoms with Crippen LogP contribution in [0, 0.1) is 0 Å². The molecule has 0 bridgehead atoms. The number of sulfonamides is 1. The zero-order valence-corrected chi connectivity index (χ0v) is 23.6. The van der Waals surface area contributed by atoms with Gasteiger partial charge in [-0.25, -0.2) is 8.42 Å². The van der Waals surface area contributed by atoms with Gasteiger partial charge >= 0.3 is 0 Å². The van der Waals surface area contributed by atoms with E-state index in [0.29, 0.717) is 11.3 Å². The number of halogens is 2. The van der Waals surface area contributed by atoms with Crippen molar-refractivity contribution in [2.24, 2.45) is 0 Å². The number of methoxy groups -OCH3 is 1. The van der Waals surface area contributed by atoms with Gasteiger partial charge in [-0.1, -0.05) is 71.7 Å². The fraction of sp³-hybridized carbons (Fsp3) is 0.259. The normalized spacial score (nSPS) is 11.9. The van der Waals surface area contributed by atoms with Crippen LogP contribution in [0.4, 0.5) is 5.69 Å². The molecule has 202 valence electrons. The van der Waals surface area contributed by atoms with Crippen LogP contribution in [0.3, 0.4) is 0 Å². The van der Waals surface area contributed by atoms with E-state index in [1.54, 1.807) is 30.3 Å². The van der Waals surface area contributed by atoms with E-state index in [4.69, 9.17) is 27.9 Å². The number of amides is 2. The van der Waals surface area contributed by atoms with Crippen molar-refractivity contribution >= 4 is 50.7 Å². The van der Waals surface area contributed by atoms with E-state index >= 15 is 0 Å². The summed E-state index contributed by atoms with van der Waals surface area (Å²) in [6.45, 7) is -0.563. The molecule has 1 atom stereocenters. The molecule has 0 fully saturated rings. The summed E-state index contributed by atoms with van der Waals surface area (Å²) in [5.41, 5.74) is 1.60. The van der Waals surface area contributed by atoms with Crippen molar-refractivity contribution in [1.29, 1.82) is 0 Å². The molecule has 0 aliphatic rings. The number of hydrogen-bond acceptors (Lipinski definition) is 5. The Morgan fingerprint density at radius 1 is 0.974 bits per heavy atom. The molecule has 3 aromatic carbocycles. The molecular weight excluding hydrogens is 549 g/mol. The maximum Gasteiger partial charge on any atom is 0.244 e. The van der Waals surface area contributed by atoms with Gasteiger partial charge in [0.05, 0.1) is 29.1 Å². The van der Waals surface area contributed by atoms with Crippen molar-refractivity contribution in [2.45, 2.75) is 19.0 Å². The number of hydrogen-bond donors (Lipinski definition) is 1. The molecule has 2 amide bonds. The molecule has 3 rings (SSSR count). The Hall–Kier alpha value is -3.27. The topological polar surface area (TPSA) is 96.0 Å². The Bertz CT molecular complexity index is 1390. The van der Waals surface area contributed by atoms with Crippen molar-refractivity contribution in [3.05, 3.63) is 94.0 Å². The summed E-state index contributed by atoms with van der Waals surface area (Å²) in [6.07, 6.45) is 1.19. The second-order valence-electron chi connectivity index (χ2n) is 8.54. The van der Waals surface area contributed by atoms with Crippen LogP contribution in [0.15, 0.2) is 72.8 Å². The van der Waals surface area contributed by atoms with Crippen LogP contribution in [-0.4, -0.2) is 58.1 Å². The van der Waals surface area contributed by atoms with E-state index < -0.39 is 34.4 Å². The smallest absolute Gasteiger partial charge is 0.244 e. The van der Waals surface area contributed by atoms with Gasteiger partial charge in [-0.3, -0.25) is 13.9 Å². The third kappa shape index (κ3) is 7.40. The minimum Gasteiger partial charge on any atom is -0.497 e. The Balaban J connectivity index is 2.06. The molecule has 11 heteroatoms. The summed E-state index contributed by atoms with van der Waals surface area (Å²) in [5, 5.41) is 2.78. The van der Waals surface area contributed by atoms with Crippen LogP contribution in [0.5, 0.6) is 5.75 Å². The summed E-state index contributed by atoms with van der Waals surface area (Å²) in [4.78, 5) is 28.4. The van der Waals surface area contributed by atoms with E-state index in [1.807, 2.05) is 30.3 Å². The molecule has 0 aliphatic heterocycles. The average Bonchev–Trinajstić information content (AvgIpc) is 2.90. The van der Waals surface area contributed by atoms with E-state index in [9.17, 15) is 18.0 Å². The number of rotatable bonds is 11. The lowest BCUT2D eigenvalue weighted by molar-refractivity contribution is -0.139. The van der Waals surface area contributed by atoms with E-state index in [-0.39, 0.29) is 28.7 Å². The third-order valence-corrected chi connectivity index (χ3v) is 7.82. The second-order valence-corrected chi connectivity index (χ2v) is 11.2. The lowest BCUT2D eigenvalue weighted by Crippen LogP contribution is -2.52. The van der Waals surface area contributed by atoms with Crippen LogP contribution >= 0.6 is 23.2 Å². The zero-order valence-electron chi connectivity index (χ0n) is 21.2. The van der Waals surface area contributed by atoms with E-state index in [1.165, 1.54) is 31.2 Å². The quantitative estimate of drug-likeness (QED) is 0.369. The van der Waals surface area contributed by atoms with Crippen LogP contribution in [0.1, 0.15) is 11.1 Å². The zero-order chi connectivity index (χ0) is 27.9. The van der Waals surface area contributed by atoms with Gasteiger partial charge < -0.3 is 15.0 Å². The highest BCUT2D eigenvalue weighted by molar-refractivity contribution is 7.92. The second kappa shape index (κ2) is 13.0. The number of carbonyl (C=O) groups excluding carboxylic acids is 2. The lowest BCUT2D eigenvalue weighted by Gasteiger charge is -2.33. The molecule has 0 radical (unpaired) electrons. The van der Waals surface area contributed by atoms with Crippen LogP contribution in [0.25, 0.3) is 0 Å². The minimum atomic E-state index is -3.96. The molecule has 0 heterocycles. The first kappa shape index (κ1) is 29.3. The predicted octanol–water partition coefficient (Wildman–Crippen LogP) is 4.15. The van der Waals surface area contributed by atoms with Crippen molar-refractivity contribution in [2.75, 3.05) is 31.3 Å². The molecule has 0 aliphatic carbocycles. The molecular formula is C27H29Cl2N3O5S. The maximum absolute atomic E-state index is 13.9. The van der Waals surface area contributed by atoms with Gasteiger partial charge in [0.25, 0.3) is 0 Å². The maximum atomic E-state index is 13.9. The Kier molecular flexibility index (Phi) is 10.0. The standard InChI is InChI=1S/C27H29Cl2N3O5S/c1-30-27(34)24(16-19-9-5-4-6-10-19)31(17-20-11-7-12-21(15-20)37-2)25(33)18-32(38(3,35)36)23-14-8-13-22(28)26(23)29/h4-15,24H,16-18H2,1-3H3,(H,30,34). The number of nitrogens with one attached hydrogen (secondary N) is 1. The monoisotopic (exact) mass is 577 g/mol. The first-order valence-electron chi connectivity index (χ1n) is 11.6. The number of anilines is 1. The van der Waals surface area contributed by atoms with Gasteiger partial charge in [-0.15, -0.1) is 0 Å². The Morgan fingerprint density at radius 3 is 2.26 bits per heavy atom. The van der Waals surface area contributed by atoms with Crippen LogP contribution in [-0.2, 0) is 32.6 Å². The summed E-state index contributed by atoms with van der Waals surface area (Å²) in [6, 6.07) is 20.0. The van der Waals surface area contributed by atoms with Crippen LogP contribution < -0.4 is 14.4 Å². The van der Waals surface area contributed by atoms with Crippen molar-refractivity contribution in [1.82, 2.24) is 10.2 Å². The van der Waals surface area contributed by atoms with Gasteiger partial charge in [0.1, 0.15) is 18.3 Å². The number of benzene rings is 3. The van der Waals surface area contributed by atoms with Crippen molar-refractivity contribution in [3.63, 3.8) is 0 Å². The Labute approximate surface area is 233 Å². The molecule has 8 nitrogen and oxygen atoms in total. The molecule has 0 spiro atoms. The van der Waals surface area contributed by atoms with Crippen LogP contribution in [0.2, 0.25) is 10.0 Å². The fourth-order valence-corrected chi connectivity index (χ4v) is 5.27. The molecule has 0 saturated heterocycles. The molecule has 1 unspecified atom stereocenters. The highest BCUT2D eigenvalue weighted by Gasteiger charge is 2.33. The number of ether oxygens (including phenoxy) is 1.